The lowest BCUT2D eigenvalue weighted by Crippen LogP contribution is -2.44. The summed E-state index contributed by atoms with van der Waals surface area (Å²) in [4.78, 5) is 32.0. The molecule has 4 heterocycles. The van der Waals surface area contributed by atoms with Crippen molar-refractivity contribution >= 4 is 11.8 Å². The van der Waals surface area contributed by atoms with Crippen molar-refractivity contribution in [2.75, 3.05) is 33.4 Å². The van der Waals surface area contributed by atoms with Crippen LogP contribution in [0, 0.1) is 5.92 Å². The third-order valence-corrected chi connectivity index (χ3v) is 7.10. The van der Waals surface area contributed by atoms with E-state index in [2.05, 4.69) is 10.3 Å². The summed E-state index contributed by atoms with van der Waals surface area (Å²) in [6, 6.07) is 7.84. The summed E-state index contributed by atoms with van der Waals surface area (Å²) < 4.78 is 18.9. The van der Waals surface area contributed by atoms with E-state index in [4.69, 9.17) is 14.2 Å². The fraction of sp³-hybridized carbons (Fsp3) is 0.560. The minimum atomic E-state index is -0.0977. The molecule has 182 valence electrons. The van der Waals surface area contributed by atoms with E-state index < -0.39 is 0 Å². The van der Waals surface area contributed by atoms with Gasteiger partial charge in [0, 0.05) is 32.2 Å². The van der Waals surface area contributed by atoms with E-state index in [1.807, 2.05) is 33.7 Å². The Bertz CT molecular complexity index is 1010. The largest absolute Gasteiger partial charge is 0.497 e. The van der Waals surface area contributed by atoms with Crippen LogP contribution in [0.4, 0.5) is 0 Å². The van der Waals surface area contributed by atoms with E-state index in [0.717, 1.165) is 36.5 Å². The summed E-state index contributed by atoms with van der Waals surface area (Å²) >= 11 is 0. The fourth-order valence-electron chi connectivity index (χ4n) is 4.98. The van der Waals surface area contributed by atoms with E-state index in [1.165, 1.54) is 0 Å². The van der Waals surface area contributed by atoms with Crippen LogP contribution in [0.25, 0.3) is 0 Å². The summed E-state index contributed by atoms with van der Waals surface area (Å²) in [7, 11) is 1.65. The topological polar surface area (TPSA) is 94.9 Å². The zero-order valence-electron chi connectivity index (χ0n) is 19.6. The first kappa shape index (κ1) is 22.9. The van der Waals surface area contributed by atoms with E-state index in [1.54, 1.807) is 13.4 Å². The van der Waals surface area contributed by atoms with Gasteiger partial charge in [0.2, 0.25) is 5.91 Å². The van der Waals surface area contributed by atoms with Crippen LogP contribution < -0.4 is 10.1 Å². The van der Waals surface area contributed by atoms with Gasteiger partial charge in [-0.25, -0.2) is 4.98 Å². The molecule has 2 aromatic rings. The van der Waals surface area contributed by atoms with Gasteiger partial charge in [-0.05, 0) is 43.4 Å². The fourth-order valence-corrected chi connectivity index (χ4v) is 4.98. The predicted molar refractivity (Wildman–Crippen MR) is 123 cm³/mol. The van der Waals surface area contributed by atoms with Crippen molar-refractivity contribution < 1.29 is 23.8 Å². The number of carbonyl (C=O) groups excluding carboxylic acids is 2. The number of nitrogens with one attached hydrogen (secondary N) is 1. The number of methoxy groups -OCH3 is 1. The lowest BCUT2D eigenvalue weighted by Gasteiger charge is -2.32. The number of hydrogen-bond acceptors (Lipinski definition) is 6. The SMILES string of the molecule is COc1ccc([C@H]2Cn3cnc(C(=O)N4CCC(C(=O)NC[C@H]5CCCO5)CC4)c3CO2)cc1. The molecule has 0 saturated carbocycles. The lowest BCUT2D eigenvalue weighted by atomic mass is 9.95. The Balaban J connectivity index is 1.15. The molecule has 0 unspecified atom stereocenters. The number of ether oxygens (including phenoxy) is 3. The number of aromatic nitrogens is 2. The highest BCUT2D eigenvalue weighted by atomic mass is 16.5. The maximum Gasteiger partial charge on any atom is 0.274 e. The summed E-state index contributed by atoms with van der Waals surface area (Å²) in [5.74, 6) is 0.730. The number of benzene rings is 1. The number of nitrogens with zero attached hydrogens (tertiary/aromatic N) is 3. The Morgan fingerprint density at radius 1 is 1.15 bits per heavy atom. The number of likely N-dealkylation sites (tertiary alicyclic amines) is 1. The Morgan fingerprint density at radius 3 is 2.65 bits per heavy atom. The Kier molecular flexibility index (Phi) is 6.82. The monoisotopic (exact) mass is 468 g/mol. The highest BCUT2D eigenvalue weighted by molar-refractivity contribution is 5.93. The third-order valence-electron chi connectivity index (χ3n) is 7.10. The first-order chi connectivity index (χ1) is 16.6. The minimum Gasteiger partial charge on any atom is -0.497 e. The van der Waals surface area contributed by atoms with Crippen LogP contribution in [0.1, 0.15) is 53.5 Å². The van der Waals surface area contributed by atoms with Gasteiger partial charge in [-0.1, -0.05) is 12.1 Å². The highest BCUT2D eigenvalue weighted by Gasteiger charge is 2.32. The first-order valence-corrected chi connectivity index (χ1v) is 12.1. The first-order valence-electron chi connectivity index (χ1n) is 12.1. The van der Waals surface area contributed by atoms with Crippen LogP contribution in [0.15, 0.2) is 30.6 Å². The molecular formula is C25H32N4O5. The summed E-state index contributed by atoms with van der Waals surface area (Å²) in [5, 5.41) is 3.02. The van der Waals surface area contributed by atoms with Gasteiger partial charge in [-0.15, -0.1) is 0 Å². The molecule has 2 amide bonds. The molecule has 2 fully saturated rings. The number of piperidine rings is 1. The number of hydrogen-bond donors (Lipinski definition) is 1. The molecule has 1 aromatic heterocycles. The number of imidazole rings is 1. The Labute approximate surface area is 199 Å². The van der Waals surface area contributed by atoms with E-state index in [-0.39, 0.29) is 29.9 Å². The van der Waals surface area contributed by atoms with Crippen LogP contribution >= 0.6 is 0 Å². The molecular weight excluding hydrogens is 436 g/mol. The van der Waals surface area contributed by atoms with Crippen molar-refractivity contribution in [3.05, 3.63) is 47.5 Å². The minimum absolute atomic E-state index is 0.0602. The molecule has 5 rings (SSSR count). The molecule has 34 heavy (non-hydrogen) atoms. The van der Waals surface area contributed by atoms with Gasteiger partial charge in [0.1, 0.15) is 11.9 Å². The van der Waals surface area contributed by atoms with Crippen molar-refractivity contribution in [3.8, 4) is 5.75 Å². The molecule has 3 aliphatic heterocycles. The van der Waals surface area contributed by atoms with Crippen LogP contribution in [0.3, 0.4) is 0 Å². The average molecular weight is 469 g/mol. The molecule has 1 aromatic carbocycles. The van der Waals surface area contributed by atoms with Crippen LogP contribution in [-0.4, -0.2) is 65.7 Å². The second-order valence-corrected chi connectivity index (χ2v) is 9.21. The number of amides is 2. The third kappa shape index (κ3) is 4.81. The average Bonchev–Trinajstić information content (AvgIpc) is 3.56. The van der Waals surface area contributed by atoms with Gasteiger partial charge in [-0.2, -0.15) is 0 Å². The van der Waals surface area contributed by atoms with Gasteiger partial charge in [0.05, 0.1) is 38.4 Å². The van der Waals surface area contributed by atoms with Crippen molar-refractivity contribution in [2.45, 2.75) is 51.0 Å². The number of carbonyl (C=O) groups is 2. The van der Waals surface area contributed by atoms with Gasteiger partial charge < -0.3 is 29.0 Å². The second kappa shape index (κ2) is 10.1. The maximum absolute atomic E-state index is 13.2. The normalized spacial score (nSPS) is 22.9. The second-order valence-electron chi connectivity index (χ2n) is 9.21. The summed E-state index contributed by atoms with van der Waals surface area (Å²) in [5.41, 5.74) is 2.33. The van der Waals surface area contributed by atoms with Crippen molar-refractivity contribution in [1.82, 2.24) is 19.8 Å². The van der Waals surface area contributed by atoms with E-state index in [9.17, 15) is 9.59 Å². The molecule has 9 heteroatoms. The summed E-state index contributed by atoms with van der Waals surface area (Å²) in [6.45, 7) is 3.41. The van der Waals surface area contributed by atoms with E-state index >= 15 is 0 Å². The van der Waals surface area contributed by atoms with Gasteiger partial charge in [-0.3, -0.25) is 9.59 Å². The molecule has 3 aliphatic rings. The molecule has 1 N–H and O–H groups in total. The van der Waals surface area contributed by atoms with Crippen molar-refractivity contribution in [2.24, 2.45) is 5.92 Å². The maximum atomic E-state index is 13.2. The lowest BCUT2D eigenvalue weighted by molar-refractivity contribution is -0.126. The van der Waals surface area contributed by atoms with Gasteiger partial charge in [0.25, 0.3) is 5.91 Å². The standard InChI is InChI=1S/C25H32N4O5/c1-32-19-6-4-17(5-7-19)22-14-29-16-27-23(21(29)15-34-22)25(31)28-10-8-18(9-11-28)24(30)26-13-20-3-2-12-33-20/h4-7,16,18,20,22H,2-3,8-15H2,1H3,(H,26,30)/t20-,22-/m1/s1. The van der Waals surface area contributed by atoms with Gasteiger partial charge >= 0.3 is 0 Å². The van der Waals surface area contributed by atoms with Crippen LogP contribution in [-0.2, 0) is 27.4 Å². The predicted octanol–water partition coefficient (Wildman–Crippen LogP) is 2.31. The van der Waals surface area contributed by atoms with Crippen LogP contribution in [0.5, 0.6) is 5.75 Å². The smallest absolute Gasteiger partial charge is 0.274 e. The Hall–Kier alpha value is -2.91. The van der Waals surface area contributed by atoms with Crippen molar-refractivity contribution in [1.29, 1.82) is 0 Å². The van der Waals surface area contributed by atoms with Crippen molar-refractivity contribution in [3.63, 3.8) is 0 Å². The zero-order chi connectivity index (χ0) is 23.5. The van der Waals surface area contributed by atoms with Crippen LogP contribution in [0.2, 0.25) is 0 Å². The molecule has 0 aliphatic carbocycles. The quantitative estimate of drug-likeness (QED) is 0.699. The molecule has 9 nitrogen and oxygen atoms in total. The molecule has 0 radical (unpaired) electrons. The molecule has 2 saturated heterocycles. The van der Waals surface area contributed by atoms with Gasteiger partial charge in [0.15, 0.2) is 5.69 Å². The Morgan fingerprint density at radius 2 is 1.94 bits per heavy atom. The number of rotatable bonds is 6. The molecule has 0 bridgehead atoms. The van der Waals surface area contributed by atoms with E-state index in [0.29, 0.717) is 51.3 Å². The number of fused-ring (bicyclic) bond motifs is 1. The zero-order valence-corrected chi connectivity index (χ0v) is 19.6. The summed E-state index contributed by atoms with van der Waals surface area (Å²) in [6.07, 6.45) is 5.17. The molecule has 0 spiro atoms. The highest BCUT2D eigenvalue weighted by Crippen LogP contribution is 2.30. The molecule has 2 atom stereocenters.